The topological polar surface area (TPSA) is 101 Å². The SMILES string of the molecule is CCOc1ccc(NC2=C(c3ccc(NC(C)=O)cc3)C(=O)N(Cc3ccco3)C2=O)cc1. The van der Waals surface area contributed by atoms with E-state index in [0.29, 0.717) is 35.1 Å². The molecule has 8 heteroatoms. The third-order valence-corrected chi connectivity index (χ3v) is 4.99. The number of ether oxygens (including phenoxy) is 1. The average Bonchev–Trinajstić information content (AvgIpc) is 3.39. The first-order chi connectivity index (χ1) is 16.0. The first kappa shape index (κ1) is 21.9. The number of nitrogens with zero attached hydrogens (tertiary/aromatic N) is 1. The number of hydrogen-bond acceptors (Lipinski definition) is 6. The van der Waals surface area contributed by atoms with Crippen molar-refractivity contribution in [1.29, 1.82) is 0 Å². The maximum absolute atomic E-state index is 13.3. The molecule has 8 nitrogen and oxygen atoms in total. The van der Waals surface area contributed by atoms with Crippen LogP contribution in [0.2, 0.25) is 0 Å². The lowest BCUT2D eigenvalue weighted by Crippen LogP contribution is -2.31. The summed E-state index contributed by atoms with van der Waals surface area (Å²) in [7, 11) is 0. The van der Waals surface area contributed by atoms with E-state index in [4.69, 9.17) is 9.15 Å². The van der Waals surface area contributed by atoms with Gasteiger partial charge in [0.1, 0.15) is 17.2 Å². The minimum atomic E-state index is -0.453. The van der Waals surface area contributed by atoms with E-state index in [0.717, 1.165) is 4.90 Å². The van der Waals surface area contributed by atoms with Crippen LogP contribution in [0.25, 0.3) is 5.57 Å². The van der Waals surface area contributed by atoms with Crippen LogP contribution >= 0.6 is 0 Å². The van der Waals surface area contributed by atoms with Crippen molar-refractivity contribution < 1.29 is 23.5 Å². The summed E-state index contributed by atoms with van der Waals surface area (Å²) in [5.74, 6) is 0.123. The van der Waals surface area contributed by atoms with Gasteiger partial charge in [-0.1, -0.05) is 12.1 Å². The molecule has 2 N–H and O–H groups in total. The highest BCUT2D eigenvalue weighted by molar-refractivity contribution is 6.36. The van der Waals surface area contributed by atoms with Crippen LogP contribution in [0.1, 0.15) is 25.2 Å². The summed E-state index contributed by atoms with van der Waals surface area (Å²) in [5, 5.41) is 5.80. The first-order valence-corrected chi connectivity index (χ1v) is 10.5. The smallest absolute Gasteiger partial charge is 0.278 e. The van der Waals surface area contributed by atoms with E-state index < -0.39 is 11.8 Å². The number of nitrogens with one attached hydrogen (secondary N) is 2. The van der Waals surface area contributed by atoms with Crippen molar-refractivity contribution >= 4 is 34.7 Å². The Morgan fingerprint density at radius 3 is 2.27 bits per heavy atom. The Kier molecular flexibility index (Phi) is 6.26. The molecule has 0 saturated heterocycles. The standard InChI is InChI=1S/C25H23N3O5/c1-3-32-20-12-10-19(11-13-20)27-23-22(17-6-8-18(9-7-17)26-16(2)29)24(30)28(25(23)31)15-21-5-4-14-33-21/h4-14,27H,3,15H2,1-2H3,(H,26,29). The molecule has 0 aliphatic carbocycles. The largest absolute Gasteiger partial charge is 0.494 e. The Morgan fingerprint density at radius 2 is 1.67 bits per heavy atom. The molecular formula is C25H23N3O5. The number of furan rings is 1. The molecule has 3 aromatic rings. The Labute approximate surface area is 190 Å². The van der Waals surface area contributed by atoms with E-state index >= 15 is 0 Å². The van der Waals surface area contributed by atoms with Crippen molar-refractivity contribution in [2.24, 2.45) is 0 Å². The van der Waals surface area contributed by atoms with Gasteiger partial charge < -0.3 is 19.8 Å². The van der Waals surface area contributed by atoms with Gasteiger partial charge in [0.25, 0.3) is 11.8 Å². The molecule has 0 radical (unpaired) electrons. The summed E-state index contributed by atoms with van der Waals surface area (Å²) in [6.07, 6.45) is 1.49. The highest BCUT2D eigenvalue weighted by atomic mass is 16.5. The normalized spacial score (nSPS) is 13.5. The fourth-order valence-electron chi connectivity index (χ4n) is 3.53. The Hall–Kier alpha value is -4.33. The summed E-state index contributed by atoms with van der Waals surface area (Å²) in [6, 6.07) is 17.3. The molecular weight excluding hydrogens is 422 g/mol. The molecule has 1 aliphatic heterocycles. The van der Waals surface area contributed by atoms with Crippen molar-refractivity contribution in [2.75, 3.05) is 17.2 Å². The molecule has 4 rings (SSSR count). The number of imide groups is 1. The van der Waals surface area contributed by atoms with Gasteiger partial charge in [-0.05, 0) is 61.0 Å². The molecule has 0 saturated carbocycles. The number of hydrogen-bond donors (Lipinski definition) is 2. The van der Waals surface area contributed by atoms with Crippen LogP contribution in [0, 0.1) is 0 Å². The van der Waals surface area contributed by atoms with E-state index in [-0.39, 0.29) is 23.7 Å². The predicted octanol–water partition coefficient (Wildman–Crippen LogP) is 4.03. The van der Waals surface area contributed by atoms with Crippen LogP contribution in [0.4, 0.5) is 11.4 Å². The van der Waals surface area contributed by atoms with Crippen molar-refractivity contribution in [1.82, 2.24) is 4.90 Å². The minimum Gasteiger partial charge on any atom is -0.494 e. The van der Waals surface area contributed by atoms with Gasteiger partial charge in [0.05, 0.1) is 25.0 Å². The molecule has 1 aromatic heterocycles. The molecule has 33 heavy (non-hydrogen) atoms. The van der Waals surface area contributed by atoms with E-state index in [1.807, 2.05) is 6.92 Å². The van der Waals surface area contributed by atoms with Crippen molar-refractivity contribution in [3.63, 3.8) is 0 Å². The molecule has 2 heterocycles. The summed E-state index contributed by atoms with van der Waals surface area (Å²) < 4.78 is 10.8. The number of carbonyl (C=O) groups is 3. The lowest BCUT2D eigenvalue weighted by Gasteiger charge is -2.13. The van der Waals surface area contributed by atoms with Crippen LogP contribution in [-0.4, -0.2) is 29.2 Å². The Bertz CT molecular complexity index is 1200. The van der Waals surface area contributed by atoms with E-state index in [9.17, 15) is 14.4 Å². The summed E-state index contributed by atoms with van der Waals surface area (Å²) in [6.45, 7) is 3.88. The van der Waals surface area contributed by atoms with Gasteiger partial charge in [0, 0.05) is 18.3 Å². The molecule has 0 bridgehead atoms. The first-order valence-electron chi connectivity index (χ1n) is 10.5. The van der Waals surface area contributed by atoms with Gasteiger partial charge in [0.2, 0.25) is 5.91 Å². The fraction of sp³-hybridized carbons (Fsp3) is 0.160. The van der Waals surface area contributed by atoms with E-state index in [1.54, 1.807) is 60.7 Å². The number of anilines is 2. The Morgan fingerprint density at radius 1 is 0.970 bits per heavy atom. The van der Waals surface area contributed by atoms with Gasteiger partial charge in [-0.2, -0.15) is 0 Å². The second-order valence-corrected chi connectivity index (χ2v) is 7.37. The second-order valence-electron chi connectivity index (χ2n) is 7.37. The van der Waals surface area contributed by atoms with E-state index in [2.05, 4.69) is 10.6 Å². The highest BCUT2D eigenvalue weighted by Gasteiger charge is 2.39. The molecule has 0 fully saturated rings. The highest BCUT2D eigenvalue weighted by Crippen LogP contribution is 2.32. The zero-order valence-electron chi connectivity index (χ0n) is 18.3. The zero-order chi connectivity index (χ0) is 23.4. The van der Waals surface area contributed by atoms with Crippen molar-refractivity contribution in [3.8, 4) is 5.75 Å². The zero-order valence-corrected chi connectivity index (χ0v) is 18.3. The van der Waals surface area contributed by atoms with Gasteiger partial charge in [-0.15, -0.1) is 0 Å². The average molecular weight is 445 g/mol. The summed E-state index contributed by atoms with van der Waals surface area (Å²) in [4.78, 5) is 39.1. The molecule has 1 aliphatic rings. The van der Waals surface area contributed by atoms with Crippen LogP contribution in [0.5, 0.6) is 5.75 Å². The minimum absolute atomic E-state index is 0.0204. The summed E-state index contributed by atoms with van der Waals surface area (Å²) >= 11 is 0. The van der Waals surface area contributed by atoms with Gasteiger partial charge >= 0.3 is 0 Å². The van der Waals surface area contributed by atoms with Crippen LogP contribution in [-0.2, 0) is 20.9 Å². The lowest BCUT2D eigenvalue weighted by atomic mass is 10.0. The quantitative estimate of drug-likeness (QED) is 0.508. The molecule has 168 valence electrons. The molecule has 0 spiro atoms. The summed E-state index contributed by atoms with van der Waals surface area (Å²) in [5.41, 5.74) is 2.20. The van der Waals surface area contributed by atoms with Crippen molar-refractivity contribution in [3.05, 3.63) is 83.9 Å². The van der Waals surface area contributed by atoms with Crippen LogP contribution in [0.3, 0.4) is 0 Å². The molecule has 0 unspecified atom stereocenters. The van der Waals surface area contributed by atoms with Gasteiger partial charge in [0.15, 0.2) is 0 Å². The van der Waals surface area contributed by atoms with E-state index in [1.165, 1.54) is 13.2 Å². The lowest BCUT2D eigenvalue weighted by molar-refractivity contribution is -0.137. The number of benzene rings is 2. The number of rotatable bonds is 8. The third-order valence-electron chi connectivity index (χ3n) is 4.99. The van der Waals surface area contributed by atoms with Gasteiger partial charge in [-0.3, -0.25) is 19.3 Å². The van der Waals surface area contributed by atoms with Crippen molar-refractivity contribution in [2.45, 2.75) is 20.4 Å². The molecule has 3 amide bonds. The maximum Gasteiger partial charge on any atom is 0.278 e. The third kappa shape index (κ3) is 4.79. The van der Waals surface area contributed by atoms with Crippen LogP contribution < -0.4 is 15.4 Å². The number of amides is 3. The maximum atomic E-state index is 13.3. The monoisotopic (exact) mass is 445 g/mol. The molecule has 2 aromatic carbocycles. The Balaban J connectivity index is 1.68. The fourth-order valence-corrected chi connectivity index (χ4v) is 3.53. The van der Waals surface area contributed by atoms with Gasteiger partial charge in [-0.25, -0.2) is 0 Å². The van der Waals surface area contributed by atoms with Crippen LogP contribution in [0.15, 0.2) is 77.0 Å². The number of carbonyl (C=O) groups excluding carboxylic acids is 3. The molecule has 0 atom stereocenters. The predicted molar refractivity (Wildman–Crippen MR) is 123 cm³/mol. The second kappa shape index (κ2) is 9.44.